The van der Waals surface area contributed by atoms with Crippen LogP contribution in [-0.4, -0.2) is 58.1 Å². The van der Waals surface area contributed by atoms with Gasteiger partial charge in [-0.05, 0) is 42.5 Å². The van der Waals surface area contributed by atoms with E-state index in [1.165, 1.54) is 25.0 Å². The quantitative estimate of drug-likeness (QED) is 0.352. The van der Waals surface area contributed by atoms with Crippen molar-refractivity contribution in [3.8, 4) is 5.75 Å². The number of nitrogens with zero attached hydrogens (tertiary/aromatic N) is 1. The van der Waals surface area contributed by atoms with Crippen molar-refractivity contribution in [2.24, 2.45) is 0 Å². The minimum absolute atomic E-state index is 0.0272. The number of nitro benzene ring substituents is 1. The van der Waals surface area contributed by atoms with E-state index in [9.17, 15) is 18.5 Å². The van der Waals surface area contributed by atoms with E-state index in [0.29, 0.717) is 12.6 Å². The zero-order valence-corrected chi connectivity index (χ0v) is 16.5. The number of rotatable bonds is 10. The molecule has 1 unspecified atom stereocenters. The summed E-state index contributed by atoms with van der Waals surface area (Å²) in [6.45, 7) is 1.97. The molecule has 0 bridgehead atoms. The average molecular weight is 397 g/mol. The molecule has 27 heavy (non-hydrogen) atoms. The monoisotopic (exact) mass is 397 g/mol. The average Bonchev–Trinajstić information content (AvgIpc) is 2.63. The number of sulfone groups is 1. The Balaban J connectivity index is 1.80. The fourth-order valence-electron chi connectivity index (χ4n) is 3.06. The maximum absolute atomic E-state index is 11.0. The van der Waals surface area contributed by atoms with Crippen LogP contribution in [0.25, 0.3) is 5.57 Å². The zero-order chi connectivity index (χ0) is 19.9. The van der Waals surface area contributed by atoms with E-state index >= 15 is 0 Å². The van der Waals surface area contributed by atoms with Crippen molar-refractivity contribution in [3.05, 3.63) is 40.0 Å². The molecule has 0 spiro atoms. The third-order valence-electron chi connectivity index (χ3n) is 4.54. The lowest BCUT2D eigenvalue weighted by Gasteiger charge is -2.23. The predicted octanol–water partition coefficient (Wildman–Crippen LogP) is 1.76. The molecule has 0 saturated heterocycles. The molecule has 9 heteroatoms. The van der Waals surface area contributed by atoms with Gasteiger partial charge < -0.3 is 15.4 Å². The molecule has 150 valence electrons. The first-order chi connectivity index (χ1) is 12.8. The van der Waals surface area contributed by atoms with Gasteiger partial charge in [0, 0.05) is 38.0 Å². The van der Waals surface area contributed by atoms with Gasteiger partial charge in [0.2, 0.25) is 0 Å². The van der Waals surface area contributed by atoms with Gasteiger partial charge in [0.25, 0.3) is 0 Å². The van der Waals surface area contributed by atoms with Crippen LogP contribution in [0.15, 0.2) is 24.3 Å². The summed E-state index contributed by atoms with van der Waals surface area (Å²) in [6.07, 6.45) is 6.16. The van der Waals surface area contributed by atoms with E-state index in [4.69, 9.17) is 4.74 Å². The van der Waals surface area contributed by atoms with E-state index in [1.54, 1.807) is 12.1 Å². The molecule has 1 aliphatic rings. The number of allylic oxidation sites excluding steroid dienone is 1. The van der Waals surface area contributed by atoms with Crippen LogP contribution >= 0.6 is 0 Å². The molecule has 2 N–H and O–H groups in total. The maximum Gasteiger partial charge on any atom is 0.310 e. The molecule has 0 aromatic heterocycles. The van der Waals surface area contributed by atoms with Gasteiger partial charge in [-0.1, -0.05) is 6.08 Å². The topological polar surface area (TPSA) is 111 Å². The van der Waals surface area contributed by atoms with Gasteiger partial charge in [-0.3, -0.25) is 10.1 Å². The lowest BCUT2D eigenvalue weighted by atomic mass is 9.90. The van der Waals surface area contributed by atoms with Gasteiger partial charge in [0.05, 0.1) is 17.8 Å². The van der Waals surface area contributed by atoms with Crippen molar-refractivity contribution in [2.75, 3.05) is 38.8 Å². The molecule has 0 amide bonds. The zero-order valence-electron chi connectivity index (χ0n) is 15.7. The lowest BCUT2D eigenvalue weighted by Crippen LogP contribution is -2.36. The molecule has 0 fully saturated rings. The van der Waals surface area contributed by atoms with Crippen LogP contribution in [0.3, 0.4) is 0 Å². The standard InChI is InChI=1S/C18H27N3O5S/c1-26-18-13-15(5-8-17(18)21(22)23)14-3-6-16(7-4-14)20-10-9-19-11-12-27(2,24)25/h3,5,8,13,16,19-20H,4,6-7,9-12H2,1-2H3. The molecule has 2 rings (SSSR count). The van der Waals surface area contributed by atoms with Crippen LogP contribution in [-0.2, 0) is 9.84 Å². The molecule has 0 radical (unpaired) electrons. The molecule has 0 aliphatic heterocycles. The Labute approximate surface area is 160 Å². The van der Waals surface area contributed by atoms with E-state index in [2.05, 4.69) is 16.7 Å². The highest BCUT2D eigenvalue weighted by atomic mass is 32.2. The molecule has 1 aromatic rings. The third kappa shape index (κ3) is 6.93. The molecular formula is C18H27N3O5S. The van der Waals surface area contributed by atoms with Crippen molar-refractivity contribution in [2.45, 2.75) is 25.3 Å². The number of methoxy groups -OCH3 is 1. The highest BCUT2D eigenvalue weighted by molar-refractivity contribution is 7.90. The van der Waals surface area contributed by atoms with E-state index in [1.807, 2.05) is 0 Å². The number of nitro groups is 1. The van der Waals surface area contributed by atoms with Crippen LogP contribution in [0.4, 0.5) is 5.69 Å². The lowest BCUT2D eigenvalue weighted by molar-refractivity contribution is -0.385. The largest absolute Gasteiger partial charge is 0.490 e. The second-order valence-electron chi connectivity index (χ2n) is 6.68. The van der Waals surface area contributed by atoms with Gasteiger partial charge in [-0.25, -0.2) is 8.42 Å². The summed E-state index contributed by atoms with van der Waals surface area (Å²) in [5.74, 6) is 0.431. The van der Waals surface area contributed by atoms with Gasteiger partial charge in [-0.2, -0.15) is 0 Å². The Morgan fingerprint density at radius 3 is 2.67 bits per heavy atom. The summed E-state index contributed by atoms with van der Waals surface area (Å²) in [7, 11) is -1.48. The van der Waals surface area contributed by atoms with Crippen LogP contribution in [0.2, 0.25) is 0 Å². The second-order valence-corrected chi connectivity index (χ2v) is 8.94. The first-order valence-corrected chi connectivity index (χ1v) is 11.0. The van der Waals surface area contributed by atoms with Crippen LogP contribution < -0.4 is 15.4 Å². The first-order valence-electron chi connectivity index (χ1n) is 8.94. The van der Waals surface area contributed by atoms with E-state index < -0.39 is 14.8 Å². The normalized spacial score (nSPS) is 17.4. The molecule has 1 atom stereocenters. The Bertz CT molecular complexity index is 792. The van der Waals surface area contributed by atoms with E-state index in [-0.39, 0.29) is 17.2 Å². The number of ether oxygens (including phenoxy) is 1. The molecule has 0 heterocycles. The van der Waals surface area contributed by atoms with Crippen molar-refractivity contribution < 1.29 is 18.1 Å². The van der Waals surface area contributed by atoms with Gasteiger partial charge in [0.15, 0.2) is 5.75 Å². The number of hydrogen-bond acceptors (Lipinski definition) is 7. The summed E-state index contributed by atoms with van der Waals surface area (Å²) < 4.78 is 27.2. The predicted molar refractivity (Wildman–Crippen MR) is 106 cm³/mol. The Hall–Kier alpha value is -1.97. The minimum atomic E-state index is -2.91. The van der Waals surface area contributed by atoms with Crippen LogP contribution in [0.1, 0.15) is 24.8 Å². The highest BCUT2D eigenvalue weighted by Crippen LogP contribution is 2.33. The summed E-state index contributed by atoms with van der Waals surface area (Å²) in [6, 6.07) is 5.36. The Kier molecular flexibility index (Phi) is 7.76. The molecule has 8 nitrogen and oxygen atoms in total. The number of benzene rings is 1. The van der Waals surface area contributed by atoms with Crippen LogP contribution in [0.5, 0.6) is 5.75 Å². The third-order valence-corrected chi connectivity index (χ3v) is 5.49. The molecule has 1 aliphatic carbocycles. The summed E-state index contributed by atoms with van der Waals surface area (Å²) in [5, 5.41) is 17.6. The van der Waals surface area contributed by atoms with Gasteiger partial charge >= 0.3 is 5.69 Å². The fourth-order valence-corrected chi connectivity index (χ4v) is 3.57. The minimum Gasteiger partial charge on any atom is -0.490 e. The van der Waals surface area contributed by atoms with Crippen LogP contribution in [0, 0.1) is 10.1 Å². The van der Waals surface area contributed by atoms with Gasteiger partial charge in [-0.15, -0.1) is 0 Å². The van der Waals surface area contributed by atoms with E-state index in [0.717, 1.165) is 37.9 Å². The Morgan fingerprint density at radius 2 is 2.07 bits per heavy atom. The SMILES string of the molecule is COc1cc(C2=CCC(NCCNCCS(C)(=O)=O)CC2)ccc1[N+](=O)[O-]. The summed E-state index contributed by atoms with van der Waals surface area (Å²) >= 11 is 0. The highest BCUT2D eigenvalue weighted by Gasteiger charge is 2.19. The molecule has 1 aromatic carbocycles. The smallest absolute Gasteiger partial charge is 0.310 e. The summed E-state index contributed by atoms with van der Waals surface area (Å²) in [4.78, 5) is 10.6. The first kappa shape index (κ1) is 21.3. The van der Waals surface area contributed by atoms with Gasteiger partial charge in [0.1, 0.15) is 9.84 Å². The fraction of sp³-hybridized carbons (Fsp3) is 0.556. The molecule has 0 saturated carbocycles. The van der Waals surface area contributed by atoms with Crippen molar-refractivity contribution in [1.82, 2.24) is 10.6 Å². The van der Waals surface area contributed by atoms with Crippen molar-refractivity contribution >= 4 is 21.1 Å². The van der Waals surface area contributed by atoms with Crippen molar-refractivity contribution in [1.29, 1.82) is 0 Å². The number of hydrogen-bond donors (Lipinski definition) is 2. The second kappa shape index (κ2) is 9.82. The van der Waals surface area contributed by atoms with Crippen molar-refractivity contribution in [3.63, 3.8) is 0 Å². The maximum atomic E-state index is 11.0. The summed E-state index contributed by atoms with van der Waals surface area (Å²) in [5.41, 5.74) is 2.10. The number of nitrogens with one attached hydrogen (secondary N) is 2. The Morgan fingerprint density at radius 1 is 1.30 bits per heavy atom. The molecular weight excluding hydrogens is 370 g/mol.